The second kappa shape index (κ2) is 17.9. The molecule has 2 amide bonds. The van der Waals surface area contributed by atoms with E-state index >= 15 is 0 Å². The van der Waals surface area contributed by atoms with Crippen molar-refractivity contribution in [2.24, 2.45) is 5.92 Å². The fraction of sp³-hybridized carbons (Fsp3) is 0.429. The number of benzene rings is 2. The molecule has 2 N–H and O–H groups in total. The van der Waals surface area contributed by atoms with E-state index in [1.807, 2.05) is 78.2 Å². The number of methoxy groups -OCH3 is 2. The van der Waals surface area contributed by atoms with Crippen molar-refractivity contribution in [2.75, 3.05) is 40.4 Å². The molecule has 6 rings (SSSR count). The van der Waals surface area contributed by atoms with E-state index in [1.165, 1.54) is 0 Å². The Morgan fingerprint density at radius 1 is 0.796 bits per heavy atom. The second-order valence-corrected chi connectivity index (χ2v) is 15.1. The van der Waals surface area contributed by atoms with Crippen LogP contribution in [0.15, 0.2) is 60.8 Å². The lowest BCUT2D eigenvalue weighted by molar-refractivity contribution is -0.135. The van der Waals surface area contributed by atoms with Gasteiger partial charge in [-0.25, -0.2) is 4.98 Å². The van der Waals surface area contributed by atoms with Gasteiger partial charge in [-0.15, -0.1) is 0 Å². The maximum atomic E-state index is 12.4. The normalized spacial score (nSPS) is 15.5. The summed E-state index contributed by atoms with van der Waals surface area (Å²) < 4.78 is 11.5. The summed E-state index contributed by atoms with van der Waals surface area (Å²) >= 11 is 14.3. The van der Waals surface area contributed by atoms with Crippen LogP contribution in [0.4, 0.5) is 0 Å². The molecular weight excluding hydrogens is 723 g/mol. The van der Waals surface area contributed by atoms with Crippen LogP contribution in [-0.4, -0.2) is 84.1 Å². The first-order valence-corrected chi connectivity index (χ1v) is 19.5. The van der Waals surface area contributed by atoms with Crippen LogP contribution in [0.1, 0.15) is 57.6 Å². The van der Waals surface area contributed by atoms with Crippen molar-refractivity contribution >= 4 is 35.0 Å². The van der Waals surface area contributed by atoms with Crippen LogP contribution >= 0.6 is 23.2 Å². The highest BCUT2D eigenvalue weighted by molar-refractivity contribution is 6.39. The molecule has 2 saturated heterocycles. The minimum Gasteiger partial charge on any atom is -0.496 e. The van der Waals surface area contributed by atoms with E-state index < -0.39 is 0 Å². The van der Waals surface area contributed by atoms with Crippen molar-refractivity contribution in [3.8, 4) is 45.3 Å². The Labute approximate surface area is 328 Å². The van der Waals surface area contributed by atoms with Crippen molar-refractivity contribution < 1.29 is 19.1 Å². The number of nitrogens with one attached hydrogen (secondary N) is 2. The summed E-state index contributed by atoms with van der Waals surface area (Å²) in [5, 5.41) is 8.27. The lowest BCUT2D eigenvalue weighted by atomic mass is 9.99. The number of rotatable bonds is 12. The van der Waals surface area contributed by atoms with E-state index in [0.717, 1.165) is 91.0 Å². The highest BCUT2D eigenvalue weighted by Gasteiger charge is 2.25. The molecule has 0 radical (unpaired) electrons. The predicted molar refractivity (Wildman–Crippen MR) is 215 cm³/mol. The summed E-state index contributed by atoms with van der Waals surface area (Å²) in [4.78, 5) is 37.5. The molecule has 4 aromatic rings. The fourth-order valence-electron chi connectivity index (χ4n) is 7.34. The van der Waals surface area contributed by atoms with Crippen LogP contribution in [-0.2, 0) is 22.7 Å². The second-order valence-electron chi connectivity index (χ2n) is 14.4. The van der Waals surface area contributed by atoms with E-state index in [-0.39, 0.29) is 17.7 Å². The number of carbonyl (C=O) groups excluding carboxylic acids is 2. The predicted octanol–water partition coefficient (Wildman–Crippen LogP) is 7.64. The Hall–Kier alpha value is -4.22. The molecule has 0 atom stereocenters. The monoisotopic (exact) mass is 772 g/mol. The smallest absolute Gasteiger partial charge is 0.225 e. The molecule has 54 heavy (non-hydrogen) atoms. The molecule has 2 aliphatic heterocycles. The minimum atomic E-state index is 0.0221. The fourth-order valence-corrected chi connectivity index (χ4v) is 7.98. The van der Waals surface area contributed by atoms with Crippen molar-refractivity contribution in [3.05, 3.63) is 82.0 Å². The molecule has 286 valence electrons. The summed E-state index contributed by atoms with van der Waals surface area (Å²) in [6.07, 6.45) is 5.41. The lowest BCUT2D eigenvalue weighted by Crippen LogP contribution is -2.46. The van der Waals surface area contributed by atoms with Gasteiger partial charge in [-0.3, -0.25) is 14.6 Å². The van der Waals surface area contributed by atoms with Gasteiger partial charge in [0, 0.05) is 104 Å². The van der Waals surface area contributed by atoms with Crippen LogP contribution < -0.4 is 20.1 Å². The average Bonchev–Trinajstić information content (AvgIpc) is 3.19. The number of amides is 2. The maximum Gasteiger partial charge on any atom is 0.225 e. The van der Waals surface area contributed by atoms with Crippen molar-refractivity contribution in [3.63, 3.8) is 0 Å². The van der Waals surface area contributed by atoms with Crippen molar-refractivity contribution in [1.29, 1.82) is 0 Å². The minimum absolute atomic E-state index is 0.0221. The molecule has 2 aromatic carbocycles. The number of hydrogen-bond donors (Lipinski definition) is 2. The standard InChI is InChI=1S/C42H50Cl2N6O4/c1-26(2)42(52)50-21-16-32(17-22-50)47-25-30-11-12-36(48-41(30)54-5)35-8-6-7-33(38(35)43)34-13-18-45-40(39(34)44)28-9-10-29(37(23-28)53-4)24-46-31-14-19-49(20-15-31)27(3)51/h6-13,18,23,26,31-32,46-47H,14-17,19-22,24-25H2,1-5H3. The highest BCUT2D eigenvalue weighted by atomic mass is 35.5. The van der Waals surface area contributed by atoms with E-state index in [9.17, 15) is 9.59 Å². The van der Waals surface area contributed by atoms with E-state index in [1.54, 1.807) is 27.3 Å². The largest absolute Gasteiger partial charge is 0.496 e. The van der Waals surface area contributed by atoms with Gasteiger partial charge in [-0.2, -0.15) is 0 Å². The van der Waals surface area contributed by atoms with Gasteiger partial charge in [0.2, 0.25) is 17.7 Å². The third kappa shape index (κ3) is 9.00. The number of carbonyl (C=O) groups is 2. The van der Waals surface area contributed by atoms with Gasteiger partial charge >= 0.3 is 0 Å². The van der Waals surface area contributed by atoms with Gasteiger partial charge < -0.3 is 29.9 Å². The third-order valence-corrected chi connectivity index (χ3v) is 11.3. The first-order valence-electron chi connectivity index (χ1n) is 18.7. The van der Waals surface area contributed by atoms with Crippen LogP contribution in [0.25, 0.3) is 33.6 Å². The van der Waals surface area contributed by atoms with E-state index in [0.29, 0.717) is 52.5 Å². The average molecular weight is 774 g/mol. The van der Waals surface area contributed by atoms with Crippen molar-refractivity contribution in [2.45, 2.75) is 71.6 Å². The van der Waals surface area contributed by atoms with Crippen LogP contribution in [0.5, 0.6) is 11.6 Å². The van der Waals surface area contributed by atoms with Gasteiger partial charge in [0.05, 0.1) is 35.7 Å². The number of nitrogens with zero attached hydrogens (tertiary/aromatic N) is 4. The van der Waals surface area contributed by atoms with Crippen LogP contribution in [0.2, 0.25) is 10.0 Å². The van der Waals surface area contributed by atoms with Gasteiger partial charge in [-0.1, -0.05) is 73.4 Å². The van der Waals surface area contributed by atoms with Gasteiger partial charge in [0.15, 0.2) is 0 Å². The molecule has 0 spiro atoms. The molecule has 10 nitrogen and oxygen atoms in total. The van der Waals surface area contributed by atoms with E-state index in [4.69, 9.17) is 37.7 Å². The first-order chi connectivity index (χ1) is 26.1. The summed E-state index contributed by atoms with van der Waals surface area (Å²) in [5.41, 5.74) is 6.39. The summed E-state index contributed by atoms with van der Waals surface area (Å²) in [6, 6.07) is 18.4. The summed E-state index contributed by atoms with van der Waals surface area (Å²) in [6.45, 7) is 9.86. The molecule has 4 heterocycles. The number of likely N-dealkylation sites (tertiary alicyclic amines) is 2. The van der Waals surface area contributed by atoms with Gasteiger partial charge in [0.25, 0.3) is 0 Å². The molecule has 2 aromatic heterocycles. The SMILES string of the molecule is COc1cc(-c2nccc(-c3cccc(-c4ccc(CNC5CCN(C(=O)C(C)C)CC5)c(OC)n4)c3Cl)c2Cl)ccc1CNC1CCN(C(C)=O)CC1. The van der Waals surface area contributed by atoms with E-state index in [2.05, 4.69) is 15.6 Å². The molecule has 0 aliphatic carbocycles. The highest BCUT2D eigenvalue weighted by Crippen LogP contribution is 2.42. The molecule has 12 heteroatoms. The third-order valence-electron chi connectivity index (χ3n) is 10.6. The van der Waals surface area contributed by atoms with Gasteiger partial charge in [-0.05, 0) is 43.9 Å². The number of piperidine rings is 2. The number of aromatic nitrogens is 2. The Bertz CT molecular complexity index is 1960. The zero-order valence-electron chi connectivity index (χ0n) is 31.8. The molecule has 0 saturated carbocycles. The van der Waals surface area contributed by atoms with Crippen molar-refractivity contribution in [1.82, 2.24) is 30.4 Å². The molecule has 2 fully saturated rings. The number of hydrogen-bond acceptors (Lipinski definition) is 8. The molecule has 0 bridgehead atoms. The zero-order valence-corrected chi connectivity index (χ0v) is 33.3. The summed E-state index contributed by atoms with van der Waals surface area (Å²) in [5.74, 6) is 1.65. The Morgan fingerprint density at radius 3 is 2.04 bits per heavy atom. The van der Waals surface area contributed by atoms with Crippen LogP contribution in [0.3, 0.4) is 0 Å². The zero-order chi connectivity index (χ0) is 38.4. The molecule has 0 unspecified atom stereocenters. The lowest BCUT2D eigenvalue weighted by Gasteiger charge is -2.33. The van der Waals surface area contributed by atoms with Crippen LogP contribution in [0, 0.1) is 5.92 Å². The maximum absolute atomic E-state index is 12.4. The topological polar surface area (TPSA) is 109 Å². The Morgan fingerprint density at radius 2 is 1.41 bits per heavy atom. The number of halogens is 2. The first kappa shape index (κ1) is 39.5. The number of pyridine rings is 2. The number of ether oxygens (including phenoxy) is 2. The van der Waals surface area contributed by atoms with Gasteiger partial charge in [0.1, 0.15) is 5.75 Å². The Kier molecular flexibility index (Phi) is 13.1. The Balaban J connectivity index is 1.16. The molecule has 2 aliphatic rings. The molecular formula is C42H50Cl2N6O4. The quantitative estimate of drug-likeness (QED) is 0.151. The summed E-state index contributed by atoms with van der Waals surface area (Å²) in [7, 11) is 3.29.